The van der Waals surface area contributed by atoms with Gasteiger partial charge in [0.1, 0.15) is 0 Å². The molecule has 4 nitrogen and oxygen atoms in total. The van der Waals surface area contributed by atoms with Gasteiger partial charge in [0.15, 0.2) is 0 Å². The fraction of sp³-hybridized carbons (Fsp3) is 0.857. The zero-order valence-electron chi connectivity index (χ0n) is 22.8. The first-order valence-electron chi connectivity index (χ1n) is 13.6. The zero-order chi connectivity index (χ0) is 25.2. The first kappa shape index (κ1) is 34.6. The van der Waals surface area contributed by atoms with Crippen LogP contribution in [0, 0.1) is 11.8 Å². The van der Waals surface area contributed by atoms with Crippen molar-refractivity contribution in [3.8, 4) is 0 Å². The second-order valence-corrected chi connectivity index (χ2v) is 13.9. The van der Waals surface area contributed by atoms with Crippen LogP contribution in [0.4, 0.5) is 0 Å². The minimum absolute atomic E-state index is 0.149. The minimum atomic E-state index is -0.479. The van der Waals surface area contributed by atoms with Crippen LogP contribution < -0.4 is 0 Å². The van der Waals surface area contributed by atoms with E-state index in [4.69, 9.17) is 9.47 Å². The van der Waals surface area contributed by atoms with Crippen molar-refractivity contribution in [1.29, 1.82) is 0 Å². The summed E-state index contributed by atoms with van der Waals surface area (Å²) in [6.45, 7) is 14.2. The van der Waals surface area contributed by atoms with Crippen LogP contribution in [0.5, 0.6) is 0 Å². The molecule has 194 valence electrons. The van der Waals surface area contributed by atoms with Crippen LogP contribution in [0.25, 0.3) is 0 Å². The molecule has 0 atom stereocenters. The van der Waals surface area contributed by atoms with Gasteiger partial charge in [-0.25, -0.2) is 9.59 Å². The molecule has 0 aliphatic carbocycles. The van der Waals surface area contributed by atoms with Crippen molar-refractivity contribution in [3.05, 3.63) is 12.2 Å². The average molecular weight is 573 g/mol. The Bertz CT molecular complexity index is 421. The Labute approximate surface area is 216 Å². The van der Waals surface area contributed by atoms with E-state index in [1.54, 1.807) is 8.87 Å². The third-order valence-corrected chi connectivity index (χ3v) is 9.15. The second kappa shape index (κ2) is 27.7. The summed E-state index contributed by atoms with van der Waals surface area (Å²) >= 11 is 0.149. The topological polar surface area (TPSA) is 52.6 Å². The molecule has 0 unspecified atom stereocenters. The van der Waals surface area contributed by atoms with E-state index in [1.807, 2.05) is 0 Å². The third-order valence-electron chi connectivity index (χ3n) is 5.11. The standard InChI is InChI=1S/C20H36O4.2C4H9.Sn/c1-17(2)11-7-5-9-15-23-19(21)13-14-20(22)24-16-10-6-8-12-18(3)4;2*1-3-4-2;/h13-14,17-18H,5-12,15-16H2,1-4H3;2*1,3-4H2,2H3;/b14-13-;;;. The van der Waals surface area contributed by atoms with Gasteiger partial charge in [0, 0.05) is 12.2 Å². The van der Waals surface area contributed by atoms with E-state index in [9.17, 15) is 9.59 Å². The van der Waals surface area contributed by atoms with Crippen molar-refractivity contribution in [3.63, 3.8) is 0 Å². The molecular formula is C28H54O4Sn. The molecule has 0 aromatic heterocycles. The van der Waals surface area contributed by atoms with E-state index < -0.39 is 11.9 Å². The number of esters is 2. The molecule has 33 heavy (non-hydrogen) atoms. The molecule has 0 bridgehead atoms. The van der Waals surface area contributed by atoms with Crippen molar-refractivity contribution in [1.82, 2.24) is 0 Å². The quantitative estimate of drug-likeness (QED) is 0.0638. The summed E-state index contributed by atoms with van der Waals surface area (Å²) < 4.78 is 13.3. The third kappa shape index (κ3) is 33.7. The summed E-state index contributed by atoms with van der Waals surface area (Å²) in [5.41, 5.74) is 0. The van der Waals surface area contributed by atoms with Crippen molar-refractivity contribution < 1.29 is 19.1 Å². The SMILES string of the molecule is CC(C)CCCCCOC(=O)/C=C\C(=O)OCCCCCC(C)C.CCC[CH2][Sn][CH2]CCC. The predicted octanol–water partition coefficient (Wildman–Crippen LogP) is 8.19. The monoisotopic (exact) mass is 574 g/mol. The van der Waals surface area contributed by atoms with Crippen LogP contribution in [0.1, 0.15) is 119 Å². The number of ether oxygens (including phenoxy) is 2. The maximum absolute atomic E-state index is 11.5. The van der Waals surface area contributed by atoms with E-state index in [1.165, 1.54) is 38.5 Å². The van der Waals surface area contributed by atoms with Gasteiger partial charge >= 0.3 is 81.5 Å². The van der Waals surface area contributed by atoms with E-state index in [-0.39, 0.29) is 21.1 Å². The molecule has 0 aliphatic heterocycles. The molecule has 0 rings (SSSR count). The Morgan fingerprint density at radius 2 is 1.03 bits per heavy atom. The number of hydrogen-bond acceptors (Lipinski definition) is 4. The maximum atomic E-state index is 11.5. The molecule has 0 saturated carbocycles. The molecule has 0 saturated heterocycles. The number of unbranched alkanes of at least 4 members (excludes halogenated alkanes) is 6. The number of carbonyl (C=O) groups excluding carboxylic acids is 2. The number of carbonyl (C=O) groups is 2. The van der Waals surface area contributed by atoms with Gasteiger partial charge in [0.2, 0.25) is 0 Å². The Hall–Kier alpha value is -0.521. The van der Waals surface area contributed by atoms with E-state index in [0.717, 1.165) is 62.5 Å². The fourth-order valence-corrected chi connectivity index (χ4v) is 7.13. The zero-order valence-corrected chi connectivity index (χ0v) is 25.6. The van der Waals surface area contributed by atoms with Crippen molar-refractivity contribution in [2.24, 2.45) is 11.8 Å². The van der Waals surface area contributed by atoms with E-state index in [0.29, 0.717) is 13.2 Å². The van der Waals surface area contributed by atoms with Gasteiger partial charge in [-0.2, -0.15) is 0 Å². The van der Waals surface area contributed by atoms with Crippen LogP contribution in [0.2, 0.25) is 8.87 Å². The summed E-state index contributed by atoms with van der Waals surface area (Å²) in [6, 6.07) is 0. The number of hydrogen-bond donors (Lipinski definition) is 0. The first-order valence-corrected chi connectivity index (χ1v) is 17.6. The van der Waals surface area contributed by atoms with Gasteiger partial charge < -0.3 is 9.47 Å². The normalized spacial score (nSPS) is 11.0. The molecule has 0 amide bonds. The predicted molar refractivity (Wildman–Crippen MR) is 143 cm³/mol. The van der Waals surface area contributed by atoms with Crippen LogP contribution >= 0.6 is 0 Å². The fourth-order valence-electron chi connectivity index (χ4n) is 2.97. The van der Waals surface area contributed by atoms with Crippen LogP contribution in [0.15, 0.2) is 12.2 Å². The van der Waals surface area contributed by atoms with Gasteiger partial charge in [-0.1, -0.05) is 66.2 Å². The molecule has 0 spiro atoms. The van der Waals surface area contributed by atoms with Crippen LogP contribution in [0.3, 0.4) is 0 Å². The van der Waals surface area contributed by atoms with Gasteiger partial charge in [0.05, 0.1) is 13.2 Å². The molecule has 0 aromatic carbocycles. The Balaban J connectivity index is 0. The Morgan fingerprint density at radius 1 is 0.636 bits per heavy atom. The Kier molecular flexibility index (Phi) is 29.1. The van der Waals surface area contributed by atoms with Gasteiger partial charge in [-0.3, -0.25) is 0 Å². The molecule has 0 aromatic rings. The molecule has 0 aliphatic rings. The van der Waals surface area contributed by atoms with Crippen molar-refractivity contribution >= 4 is 33.1 Å². The van der Waals surface area contributed by atoms with E-state index in [2.05, 4.69) is 41.5 Å². The molecule has 0 N–H and O–H groups in total. The molecule has 2 radical (unpaired) electrons. The molecule has 0 fully saturated rings. The van der Waals surface area contributed by atoms with E-state index >= 15 is 0 Å². The average Bonchev–Trinajstić information content (AvgIpc) is 2.77. The summed E-state index contributed by atoms with van der Waals surface area (Å²) in [5, 5.41) is 0. The van der Waals surface area contributed by atoms with Crippen LogP contribution in [-0.2, 0) is 19.1 Å². The Morgan fingerprint density at radius 3 is 1.36 bits per heavy atom. The van der Waals surface area contributed by atoms with Crippen molar-refractivity contribution in [2.45, 2.75) is 127 Å². The second-order valence-electron chi connectivity index (χ2n) is 9.61. The first-order chi connectivity index (χ1) is 15.8. The van der Waals surface area contributed by atoms with Gasteiger partial charge in [0.25, 0.3) is 0 Å². The van der Waals surface area contributed by atoms with Crippen molar-refractivity contribution in [2.75, 3.05) is 13.2 Å². The summed E-state index contributed by atoms with van der Waals surface area (Å²) in [4.78, 5) is 22.9. The summed E-state index contributed by atoms with van der Waals surface area (Å²) in [7, 11) is 0. The number of rotatable bonds is 20. The summed E-state index contributed by atoms with van der Waals surface area (Å²) in [6.07, 6.45) is 16.7. The van der Waals surface area contributed by atoms with Gasteiger partial charge in [-0.05, 0) is 24.7 Å². The van der Waals surface area contributed by atoms with Gasteiger partial charge in [-0.15, -0.1) is 0 Å². The molecule has 5 heteroatoms. The summed E-state index contributed by atoms with van der Waals surface area (Å²) in [5.74, 6) is 0.480. The van der Waals surface area contributed by atoms with Crippen LogP contribution in [-0.4, -0.2) is 46.3 Å². The molecule has 0 heterocycles. The molecular weight excluding hydrogens is 519 g/mol.